The van der Waals surface area contributed by atoms with E-state index in [1.807, 2.05) is 13.0 Å². The molecule has 0 bridgehead atoms. The van der Waals surface area contributed by atoms with Gasteiger partial charge in [-0.15, -0.1) is 0 Å². The number of aromatic hydroxyl groups is 1. The molecule has 2 aromatic carbocycles. The minimum atomic E-state index is -0.401. The molecule has 0 radical (unpaired) electrons. The van der Waals surface area contributed by atoms with Crippen molar-refractivity contribution >= 4 is 16.7 Å². The van der Waals surface area contributed by atoms with Crippen LogP contribution in [0.2, 0.25) is 0 Å². The molecule has 1 aromatic heterocycles. The van der Waals surface area contributed by atoms with Crippen LogP contribution in [0.25, 0.3) is 11.0 Å². The molecule has 1 atom stereocenters. The van der Waals surface area contributed by atoms with Gasteiger partial charge in [0.25, 0.3) is 0 Å². The molecule has 8 heteroatoms. The highest BCUT2D eigenvalue weighted by molar-refractivity contribution is 6.09. The summed E-state index contributed by atoms with van der Waals surface area (Å²) in [5.74, 6) is 1.86. The maximum Gasteiger partial charge on any atom is 0.339 e. The van der Waals surface area contributed by atoms with Gasteiger partial charge in [0.1, 0.15) is 17.1 Å². The molecule has 2 N–H and O–H groups in total. The number of phenolic OH excluding ortho intramolecular Hbond substituents is 1. The maximum atomic E-state index is 12.1. The number of ether oxygens (including phenoxy) is 3. The summed E-state index contributed by atoms with van der Waals surface area (Å²) in [4.78, 5) is 12.1. The van der Waals surface area contributed by atoms with Crippen LogP contribution in [-0.2, 0) is 0 Å². The fraction of sp³-hybridized carbons (Fsp3) is 0.333. The number of methoxy groups -OCH3 is 3. The van der Waals surface area contributed by atoms with Crippen molar-refractivity contribution in [1.82, 2.24) is 5.43 Å². The van der Waals surface area contributed by atoms with E-state index < -0.39 is 5.63 Å². The third kappa shape index (κ3) is 3.32. The number of fused-ring (bicyclic) bond motifs is 1. The van der Waals surface area contributed by atoms with Gasteiger partial charge in [0, 0.05) is 29.2 Å². The molecule has 2 heterocycles. The van der Waals surface area contributed by atoms with Crippen LogP contribution in [0.4, 0.5) is 0 Å². The van der Waals surface area contributed by atoms with Gasteiger partial charge in [0.2, 0.25) is 0 Å². The monoisotopic (exact) mass is 438 g/mol. The highest BCUT2D eigenvalue weighted by Crippen LogP contribution is 2.42. The Hall–Kier alpha value is -3.68. The fourth-order valence-corrected chi connectivity index (χ4v) is 4.20. The van der Waals surface area contributed by atoms with Crippen molar-refractivity contribution in [2.75, 3.05) is 21.3 Å². The average Bonchev–Trinajstić information content (AvgIpc) is 3.25. The molecule has 0 spiro atoms. The molecule has 168 valence electrons. The predicted octanol–water partition coefficient (Wildman–Crippen LogP) is 3.89. The summed E-state index contributed by atoms with van der Waals surface area (Å²) in [6.07, 6.45) is 0.514. The Morgan fingerprint density at radius 2 is 1.66 bits per heavy atom. The van der Waals surface area contributed by atoms with E-state index in [4.69, 9.17) is 18.6 Å². The number of rotatable bonds is 5. The van der Waals surface area contributed by atoms with E-state index in [-0.39, 0.29) is 11.8 Å². The first-order valence-corrected chi connectivity index (χ1v) is 10.2. The summed E-state index contributed by atoms with van der Waals surface area (Å²) in [6.45, 7) is 5.35. The van der Waals surface area contributed by atoms with Crippen molar-refractivity contribution in [3.8, 4) is 23.0 Å². The fourth-order valence-electron chi connectivity index (χ4n) is 4.20. The molecular formula is C24H26N2O6. The van der Waals surface area contributed by atoms with Crippen LogP contribution in [-0.4, -0.2) is 32.1 Å². The Morgan fingerprint density at radius 1 is 1.00 bits per heavy atom. The Kier molecular flexibility index (Phi) is 5.46. The van der Waals surface area contributed by atoms with E-state index in [0.29, 0.717) is 57.0 Å². The van der Waals surface area contributed by atoms with Crippen molar-refractivity contribution in [3.63, 3.8) is 0 Å². The number of hydrogen-bond donors (Lipinski definition) is 2. The van der Waals surface area contributed by atoms with Crippen molar-refractivity contribution in [3.05, 3.63) is 56.4 Å². The number of phenols is 1. The zero-order chi connectivity index (χ0) is 23.2. The smallest absolute Gasteiger partial charge is 0.339 e. The molecule has 4 rings (SSSR count). The van der Waals surface area contributed by atoms with E-state index in [0.717, 1.165) is 11.1 Å². The largest absolute Gasteiger partial charge is 0.506 e. The van der Waals surface area contributed by atoms with E-state index in [9.17, 15) is 9.90 Å². The summed E-state index contributed by atoms with van der Waals surface area (Å²) in [5, 5.41) is 16.2. The second-order valence-electron chi connectivity index (χ2n) is 7.82. The van der Waals surface area contributed by atoms with Gasteiger partial charge in [0.05, 0.1) is 38.5 Å². The van der Waals surface area contributed by atoms with Crippen molar-refractivity contribution in [1.29, 1.82) is 0 Å². The van der Waals surface area contributed by atoms with Crippen LogP contribution in [0.3, 0.4) is 0 Å². The molecule has 0 fully saturated rings. The zero-order valence-electron chi connectivity index (χ0n) is 19.0. The van der Waals surface area contributed by atoms with Gasteiger partial charge in [-0.2, -0.15) is 5.10 Å². The second kappa shape index (κ2) is 8.11. The highest BCUT2D eigenvalue weighted by Gasteiger charge is 2.29. The summed E-state index contributed by atoms with van der Waals surface area (Å²) in [5.41, 5.74) is 7.24. The van der Waals surface area contributed by atoms with Crippen LogP contribution >= 0.6 is 0 Å². The van der Waals surface area contributed by atoms with E-state index in [2.05, 4.69) is 10.5 Å². The average molecular weight is 438 g/mol. The predicted molar refractivity (Wildman–Crippen MR) is 121 cm³/mol. The third-order valence-electron chi connectivity index (χ3n) is 6.06. The molecule has 1 aliphatic rings. The van der Waals surface area contributed by atoms with Crippen molar-refractivity contribution in [2.45, 2.75) is 33.2 Å². The first-order valence-electron chi connectivity index (χ1n) is 10.2. The second-order valence-corrected chi connectivity index (χ2v) is 7.82. The molecule has 0 amide bonds. The molecule has 3 aromatic rings. The number of hydrazone groups is 1. The van der Waals surface area contributed by atoms with Gasteiger partial charge in [-0.05, 0) is 44.0 Å². The van der Waals surface area contributed by atoms with Gasteiger partial charge >= 0.3 is 5.63 Å². The van der Waals surface area contributed by atoms with E-state index >= 15 is 0 Å². The summed E-state index contributed by atoms with van der Waals surface area (Å²) in [7, 11) is 4.75. The topological polar surface area (TPSA) is 103 Å². The van der Waals surface area contributed by atoms with Crippen LogP contribution in [0.15, 0.2) is 32.5 Å². The first kappa shape index (κ1) is 21.5. The molecule has 1 aliphatic heterocycles. The van der Waals surface area contributed by atoms with Gasteiger partial charge < -0.3 is 29.2 Å². The number of nitrogens with one attached hydrogen (secondary N) is 1. The van der Waals surface area contributed by atoms with Crippen LogP contribution in [0.5, 0.6) is 23.0 Å². The van der Waals surface area contributed by atoms with E-state index in [1.165, 1.54) is 0 Å². The number of hydrogen-bond acceptors (Lipinski definition) is 8. The molecular weight excluding hydrogens is 412 g/mol. The van der Waals surface area contributed by atoms with Crippen molar-refractivity contribution in [2.24, 2.45) is 5.10 Å². The Labute approximate surface area is 185 Å². The molecule has 32 heavy (non-hydrogen) atoms. The number of aryl methyl sites for hydroxylation is 2. The molecule has 8 nitrogen and oxygen atoms in total. The van der Waals surface area contributed by atoms with E-state index in [1.54, 1.807) is 47.3 Å². The molecule has 0 aliphatic carbocycles. The quantitative estimate of drug-likeness (QED) is 0.583. The lowest BCUT2D eigenvalue weighted by Gasteiger charge is -2.18. The molecule has 0 saturated heterocycles. The standard InChI is InChI=1S/C24H26N2O6/c1-11-7-20-22(12(2)13(3)24(28)32-20)23(27)21(11)16-9-15(25-26-16)14-8-18(30-5)19(31-6)10-17(14)29-4/h7-8,10,15,25,27H,9H2,1-6H3. The Morgan fingerprint density at radius 3 is 2.31 bits per heavy atom. The van der Waals surface area contributed by atoms with Gasteiger partial charge in [-0.1, -0.05) is 0 Å². The van der Waals surface area contributed by atoms with Crippen LogP contribution in [0.1, 0.15) is 40.3 Å². The first-order chi connectivity index (χ1) is 15.3. The van der Waals surface area contributed by atoms with Crippen LogP contribution in [0, 0.1) is 20.8 Å². The summed E-state index contributed by atoms with van der Waals surface area (Å²) in [6, 6.07) is 5.22. The Bertz CT molecular complexity index is 1310. The third-order valence-corrected chi connectivity index (χ3v) is 6.06. The normalized spacial score (nSPS) is 15.4. The lowest BCUT2D eigenvalue weighted by atomic mass is 9.92. The van der Waals surface area contributed by atoms with Crippen LogP contribution < -0.4 is 25.3 Å². The van der Waals surface area contributed by atoms with Gasteiger partial charge in [-0.3, -0.25) is 0 Å². The van der Waals surface area contributed by atoms with Gasteiger partial charge in [0.15, 0.2) is 11.5 Å². The van der Waals surface area contributed by atoms with Crippen molar-refractivity contribution < 1.29 is 23.7 Å². The minimum absolute atomic E-state index is 0.0600. The molecule has 1 unspecified atom stereocenters. The number of benzene rings is 2. The summed E-state index contributed by atoms with van der Waals surface area (Å²) < 4.78 is 21.8. The maximum absolute atomic E-state index is 12.1. The molecule has 0 saturated carbocycles. The number of nitrogens with zero attached hydrogens (tertiary/aromatic N) is 1. The van der Waals surface area contributed by atoms with Gasteiger partial charge in [-0.25, -0.2) is 4.79 Å². The lowest BCUT2D eigenvalue weighted by Crippen LogP contribution is -2.12. The minimum Gasteiger partial charge on any atom is -0.506 e. The Balaban J connectivity index is 1.77. The zero-order valence-corrected chi connectivity index (χ0v) is 19.0. The SMILES string of the molecule is COc1cc(OC)c(C2CC(c3c(C)cc4oc(=O)c(C)c(C)c4c3O)=NN2)cc1OC. The summed E-state index contributed by atoms with van der Waals surface area (Å²) >= 11 is 0. The highest BCUT2D eigenvalue weighted by atomic mass is 16.5. The lowest BCUT2D eigenvalue weighted by molar-refractivity contribution is 0.345.